The number of amides is 1. The minimum absolute atomic E-state index is 0.0913. The largest absolute Gasteiger partial charge is 0.480 e. The van der Waals surface area contributed by atoms with Crippen LogP contribution in [-0.2, 0) is 11.0 Å². The maximum absolute atomic E-state index is 12.5. The lowest BCUT2D eigenvalue weighted by Gasteiger charge is -2.27. The van der Waals surface area contributed by atoms with Gasteiger partial charge in [0.2, 0.25) is 0 Å². The molecule has 1 heterocycles. The van der Waals surface area contributed by atoms with Crippen LogP contribution in [0.2, 0.25) is 5.02 Å². The molecule has 1 aliphatic heterocycles. The molecule has 1 aromatic carbocycles. The van der Waals surface area contributed by atoms with Gasteiger partial charge in [0.1, 0.15) is 11.5 Å². The molecular formula is C13H12ClF3N2O2. The number of hydrogen-bond acceptors (Lipinski definition) is 3. The minimum atomic E-state index is -4.47. The van der Waals surface area contributed by atoms with E-state index in [1.54, 1.807) is 14.1 Å². The third-order valence-corrected chi connectivity index (χ3v) is 3.18. The van der Waals surface area contributed by atoms with Gasteiger partial charge in [-0.25, -0.2) is 0 Å². The standard InChI is InChI=1S/C13H12ClF3N2O2/c1-19(2)12(20)11-10(6-18-11)21-9-4-3-7(5-8(9)14)13(15,16)17/h3-5,10H,6H2,1-2H3. The summed E-state index contributed by atoms with van der Waals surface area (Å²) in [7, 11) is 3.15. The SMILES string of the molecule is CN(C)C(=O)C1=NCC1Oc1ccc(C(F)(F)F)cc1Cl. The highest BCUT2D eigenvalue weighted by molar-refractivity contribution is 6.42. The fourth-order valence-corrected chi connectivity index (χ4v) is 1.94. The van der Waals surface area contributed by atoms with Crippen molar-refractivity contribution < 1.29 is 22.7 Å². The van der Waals surface area contributed by atoms with E-state index < -0.39 is 17.8 Å². The zero-order valence-electron chi connectivity index (χ0n) is 11.2. The molecule has 21 heavy (non-hydrogen) atoms. The fraction of sp³-hybridized carbons (Fsp3) is 0.385. The molecule has 0 spiro atoms. The van der Waals surface area contributed by atoms with E-state index in [0.717, 1.165) is 18.2 Å². The number of aliphatic imine (C=N–C) groups is 1. The van der Waals surface area contributed by atoms with Crippen LogP contribution in [-0.4, -0.2) is 43.3 Å². The van der Waals surface area contributed by atoms with Crippen LogP contribution < -0.4 is 4.74 Å². The first-order chi connectivity index (χ1) is 9.70. The van der Waals surface area contributed by atoms with E-state index in [0.29, 0.717) is 0 Å². The molecule has 4 nitrogen and oxygen atoms in total. The lowest BCUT2D eigenvalue weighted by molar-refractivity contribution is -0.137. The van der Waals surface area contributed by atoms with Crippen molar-refractivity contribution in [2.75, 3.05) is 20.6 Å². The first-order valence-electron chi connectivity index (χ1n) is 5.99. The Morgan fingerprint density at radius 1 is 1.43 bits per heavy atom. The van der Waals surface area contributed by atoms with E-state index in [9.17, 15) is 18.0 Å². The zero-order valence-corrected chi connectivity index (χ0v) is 12.0. The second-order valence-electron chi connectivity index (χ2n) is 4.67. The van der Waals surface area contributed by atoms with Gasteiger partial charge in [0.05, 0.1) is 17.1 Å². The van der Waals surface area contributed by atoms with Crippen molar-refractivity contribution in [3.05, 3.63) is 28.8 Å². The quantitative estimate of drug-likeness (QED) is 0.859. The lowest BCUT2D eigenvalue weighted by Crippen LogP contribution is -2.48. The normalized spacial score (nSPS) is 17.8. The summed E-state index contributed by atoms with van der Waals surface area (Å²) in [5.74, 6) is -0.206. The molecule has 0 aliphatic carbocycles. The fourth-order valence-electron chi connectivity index (χ4n) is 1.71. The van der Waals surface area contributed by atoms with Crippen molar-refractivity contribution in [3.63, 3.8) is 0 Å². The molecule has 0 aromatic heterocycles. The van der Waals surface area contributed by atoms with Crippen LogP contribution in [0.4, 0.5) is 13.2 Å². The third kappa shape index (κ3) is 3.29. The molecule has 1 aliphatic rings. The van der Waals surface area contributed by atoms with Gasteiger partial charge in [0, 0.05) is 14.1 Å². The van der Waals surface area contributed by atoms with E-state index in [1.165, 1.54) is 4.90 Å². The van der Waals surface area contributed by atoms with Crippen molar-refractivity contribution in [2.45, 2.75) is 12.3 Å². The summed E-state index contributed by atoms with van der Waals surface area (Å²) in [6, 6.07) is 2.81. The minimum Gasteiger partial charge on any atom is -0.480 e. The van der Waals surface area contributed by atoms with Gasteiger partial charge < -0.3 is 9.64 Å². The number of hydrogen-bond donors (Lipinski definition) is 0. The summed E-state index contributed by atoms with van der Waals surface area (Å²) in [6.45, 7) is 0.270. The lowest BCUT2D eigenvalue weighted by atomic mass is 10.1. The van der Waals surface area contributed by atoms with Gasteiger partial charge >= 0.3 is 6.18 Å². The van der Waals surface area contributed by atoms with Gasteiger partial charge in [-0.3, -0.25) is 9.79 Å². The Hall–Kier alpha value is -1.76. The first-order valence-corrected chi connectivity index (χ1v) is 6.37. The summed E-state index contributed by atoms with van der Waals surface area (Å²) in [6.07, 6.45) is -5.05. The van der Waals surface area contributed by atoms with Crippen molar-refractivity contribution in [1.29, 1.82) is 0 Å². The molecule has 1 unspecified atom stereocenters. The second kappa shape index (κ2) is 5.55. The topological polar surface area (TPSA) is 41.9 Å². The number of halogens is 4. The van der Waals surface area contributed by atoms with Crippen molar-refractivity contribution >= 4 is 23.2 Å². The van der Waals surface area contributed by atoms with Crippen molar-refractivity contribution in [1.82, 2.24) is 4.90 Å². The molecule has 0 bridgehead atoms. The Bertz CT molecular complexity index is 600. The summed E-state index contributed by atoms with van der Waals surface area (Å²) < 4.78 is 43.0. The highest BCUT2D eigenvalue weighted by atomic mass is 35.5. The Morgan fingerprint density at radius 2 is 2.10 bits per heavy atom. The summed E-state index contributed by atoms with van der Waals surface area (Å²) in [5.41, 5.74) is -0.623. The predicted molar refractivity (Wildman–Crippen MR) is 71.9 cm³/mol. The van der Waals surface area contributed by atoms with Crippen LogP contribution in [0.5, 0.6) is 5.75 Å². The maximum atomic E-state index is 12.5. The van der Waals surface area contributed by atoms with Crippen LogP contribution in [0.15, 0.2) is 23.2 Å². The van der Waals surface area contributed by atoms with E-state index in [-0.39, 0.29) is 28.9 Å². The van der Waals surface area contributed by atoms with Crippen LogP contribution in [0.1, 0.15) is 5.56 Å². The predicted octanol–water partition coefficient (Wildman–Crippen LogP) is 2.65. The number of carbonyl (C=O) groups excluding carboxylic acids is 1. The van der Waals surface area contributed by atoms with E-state index in [2.05, 4.69) is 4.99 Å². The van der Waals surface area contributed by atoms with E-state index >= 15 is 0 Å². The van der Waals surface area contributed by atoms with Crippen LogP contribution in [0.25, 0.3) is 0 Å². The molecule has 114 valence electrons. The smallest absolute Gasteiger partial charge is 0.416 e. The molecule has 0 fully saturated rings. The van der Waals surface area contributed by atoms with Crippen LogP contribution in [0, 0.1) is 0 Å². The van der Waals surface area contributed by atoms with Gasteiger partial charge in [0.15, 0.2) is 6.10 Å². The molecule has 2 rings (SSSR count). The highest BCUT2D eigenvalue weighted by Gasteiger charge is 2.34. The van der Waals surface area contributed by atoms with Crippen molar-refractivity contribution in [2.24, 2.45) is 4.99 Å². The second-order valence-corrected chi connectivity index (χ2v) is 5.08. The summed E-state index contributed by atoms with van der Waals surface area (Å²) in [4.78, 5) is 17.0. The van der Waals surface area contributed by atoms with Gasteiger partial charge in [-0.15, -0.1) is 0 Å². The van der Waals surface area contributed by atoms with Crippen molar-refractivity contribution in [3.8, 4) is 5.75 Å². The molecule has 0 saturated carbocycles. The average molecular weight is 321 g/mol. The van der Waals surface area contributed by atoms with Gasteiger partial charge in [-0.1, -0.05) is 11.6 Å². The number of carbonyl (C=O) groups is 1. The first kappa shape index (κ1) is 15.6. The number of alkyl halides is 3. The van der Waals surface area contributed by atoms with Crippen LogP contribution >= 0.6 is 11.6 Å². The van der Waals surface area contributed by atoms with Gasteiger partial charge in [-0.05, 0) is 18.2 Å². The average Bonchev–Trinajstić information content (AvgIpc) is 2.34. The highest BCUT2D eigenvalue weighted by Crippen LogP contribution is 2.35. The maximum Gasteiger partial charge on any atom is 0.416 e. The number of benzene rings is 1. The zero-order chi connectivity index (χ0) is 15.8. The molecule has 1 aromatic rings. The van der Waals surface area contributed by atoms with Gasteiger partial charge in [-0.2, -0.15) is 13.2 Å². The molecule has 0 saturated heterocycles. The molecular weight excluding hydrogens is 309 g/mol. The van der Waals surface area contributed by atoms with Crippen LogP contribution in [0.3, 0.4) is 0 Å². The Kier molecular flexibility index (Phi) is 4.13. The molecule has 8 heteroatoms. The molecule has 1 amide bonds. The molecule has 0 N–H and O–H groups in total. The van der Waals surface area contributed by atoms with E-state index in [4.69, 9.17) is 16.3 Å². The number of nitrogens with zero attached hydrogens (tertiary/aromatic N) is 2. The Labute approximate surface area is 124 Å². The van der Waals surface area contributed by atoms with E-state index in [1.807, 2.05) is 0 Å². The summed E-state index contributed by atoms with van der Waals surface area (Å²) >= 11 is 5.79. The monoisotopic (exact) mass is 320 g/mol. The number of rotatable bonds is 3. The van der Waals surface area contributed by atoms with Gasteiger partial charge in [0.25, 0.3) is 5.91 Å². The summed E-state index contributed by atoms with van der Waals surface area (Å²) in [5, 5.41) is -0.159. The third-order valence-electron chi connectivity index (χ3n) is 2.89. The Morgan fingerprint density at radius 3 is 2.52 bits per heavy atom. The number of ether oxygens (including phenoxy) is 1. The molecule has 0 radical (unpaired) electrons. The Balaban J connectivity index is 2.12. The molecule has 1 atom stereocenters.